The van der Waals surface area contributed by atoms with Crippen LogP contribution in [0.4, 0.5) is 34.1 Å². The largest absolute Gasteiger partial charge is 0.311 e. The Bertz CT molecular complexity index is 2250. The van der Waals surface area contributed by atoms with E-state index < -0.39 is 0 Å². The minimum Gasteiger partial charge on any atom is -0.311 e. The normalized spacial score (nSPS) is 10.4. The summed E-state index contributed by atoms with van der Waals surface area (Å²) in [7, 11) is 0. The van der Waals surface area contributed by atoms with Crippen LogP contribution in [0.1, 0.15) is 22.3 Å². The number of fused-ring (bicyclic) bond motifs is 1. The van der Waals surface area contributed by atoms with Gasteiger partial charge in [-0.2, -0.15) is 8.75 Å². The predicted octanol–water partition coefficient (Wildman–Crippen LogP) is 11.4. The molecule has 0 atom stereocenters. The summed E-state index contributed by atoms with van der Waals surface area (Å²) in [6.07, 6.45) is 0. The Morgan fingerprint density at radius 2 is 0.608 bits per heavy atom. The molecule has 0 aliphatic heterocycles. The Morgan fingerprint density at radius 3 is 0.922 bits per heavy atom. The van der Waals surface area contributed by atoms with Crippen molar-refractivity contribution in [2.24, 2.45) is 0 Å². The van der Waals surface area contributed by atoms with Gasteiger partial charge in [0.2, 0.25) is 0 Å². The molecule has 1 aromatic heterocycles. The molecule has 0 aliphatic carbocycles. The molecule has 4 nitrogen and oxygen atoms in total. The van der Waals surface area contributed by atoms with E-state index in [2.05, 4.69) is 188 Å². The summed E-state index contributed by atoms with van der Waals surface area (Å²) in [5.74, 6) is 13.3. The predicted molar refractivity (Wildman–Crippen MR) is 212 cm³/mol. The fourth-order valence-electron chi connectivity index (χ4n) is 5.94. The van der Waals surface area contributed by atoms with E-state index >= 15 is 0 Å². The van der Waals surface area contributed by atoms with Gasteiger partial charge in [-0.15, -0.1) is 0 Å². The maximum absolute atomic E-state index is 4.59. The highest BCUT2D eigenvalue weighted by molar-refractivity contribution is 7.00. The van der Waals surface area contributed by atoms with E-state index in [1.54, 1.807) is 0 Å². The van der Waals surface area contributed by atoms with E-state index in [1.807, 2.05) is 36.4 Å². The summed E-state index contributed by atoms with van der Waals surface area (Å²) >= 11 is 1.18. The minimum absolute atomic E-state index is 0.770. The van der Waals surface area contributed by atoms with Crippen molar-refractivity contribution in [3.63, 3.8) is 0 Å². The third kappa shape index (κ3) is 6.98. The van der Waals surface area contributed by atoms with Crippen LogP contribution in [0, 0.1) is 23.7 Å². The molecular formula is C46H30N4S. The molecule has 0 saturated heterocycles. The number of rotatable bonds is 6. The van der Waals surface area contributed by atoms with Gasteiger partial charge in [-0.25, -0.2) is 0 Å². The van der Waals surface area contributed by atoms with E-state index in [4.69, 9.17) is 0 Å². The van der Waals surface area contributed by atoms with Crippen LogP contribution in [-0.2, 0) is 0 Å². The summed E-state index contributed by atoms with van der Waals surface area (Å²) < 4.78 is 9.18. The lowest BCUT2D eigenvalue weighted by molar-refractivity contribution is 1.28. The van der Waals surface area contributed by atoms with Crippen molar-refractivity contribution in [1.82, 2.24) is 8.75 Å². The van der Waals surface area contributed by atoms with Gasteiger partial charge >= 0.3 is 0 Å². The lowest BCUT2D eigenvalue weighted by atomic mass is 10.1. The van der Waals surface area contributed by atoms with Crippen LogP contribution in [0.3, 0.4) is 0 Å². The highest BCUT2D eigenvalue weighted by atomic mass is 32.1. The summed E-state index contributed by atoms with van der Waals surface area (Å²) in [6, 6.07) is 62.1. The van der Waals surface area contributed by atoms with Crippen molar-refractivity contribution in [2.45, 2.75) is 0 Å². The highest BCUT2D eigenvalue weighted by Crippen LogP contribution is 2.35. The van der Waals surface area contributed by atoms with Crippen LogP contribution in [0.2, 0.25) is 0 Å². The lowest BCUT2D eigenvalue weighted by Crippen LogP contribution is -2.09. The number of anilines is 6. The number of hydrogen-bond donors (Lipinski definition) is 0. The molecule has 0 radical (unpaired) electrons. The maximum atomic E-state index is 4.59. The minimum atomic E-state index is 0.770. The molecule has 51 heavy (non-hydrogen) atoms. The zero-order chi connectivity index (χ0) is 34.2. The third-order valence-electron chi connectivity index (χ3n) is 8.41. The average molecular weight is 671 g/mol. The van der Waals surface area contributed by atoms with Gasteiger partial charge in [-0.1, -0.05) is 96.5 Å². The van der Waals surface area contributed by atoms with Crippen molar-refractivity contribution >= 4 is 56.9 Å². The Hall–Kier alpha value is -6.92. The molecule has 0 unspecified atom stereocenters. The monoisotopic (exact) mass is 670 g/mol. The van der Waals surface area contributed by atoms with Crippen LogP contribution in [0.5, 0.6) is 0 Å². The Morgan fingerprint density at radius 1 is 0.314 bits per heavy atom. The molecule has 0 amide bonds. The SMILES string of the molecule is C(#Cc1ccc(C#Cc2ccc(N(c3ccccc3)c3ccccc3)cc2)c2nsnc12)c1ccc(N(c2ccccc2)c2ccccc2)cc1. The first-order chi connectivity index (χ1) is 25.3. The molecule has 0 aliphatic rings. The van der Waals surface area contributed by atoms with Gasteiger partial charge in [0.1, 0.15) is 11.0 Å². The molecule has 240 valence electrons. The van der Waals surface area contributed by atoms with Gasteiger partial charge in [0.25, 0.3) is 0 Å². The molecule has 0 saturated carbocycles. The van der Waals surface area contributed by atoms with Gasteiger partial charge in [-0.3, -0.25) is 0 Å². The van der Waals surface area contributed by atoms with Crippen LogP contribution in [0.25, 0.3) is 11.0 Å². The first kappa shape index (κ1) is 31.4. The average Bonchev–Trinajstić information content (AvgIpc) is 3.70. The van der Waals surface area contributed by atoms with Crippen molar-refractivity contribution in [2.75, 3.05) is 9.80 Å². The molecule has 1 heterocycles. The third-order valence-corrected chi connectivity index (χ3v) is 8.94. The van der Waals surface area contributed by atoms with Crippen LogP contribution in [-0.4, -0.2) is 8.75 Å². The van der Waals surface area contributed by atoms with E-state index in [9.17, 15) is 0 Å². The van der Waals surface area contributed by atoms with E-state index in [-0.39, 0.29) is 0 Å². The second-order valence-corrected chi connectivity index (χ2v) is 12.3. The summed E-state index contributed by atoms with van der Waals surface area (Å²) in [6.45, 7) is 0. The molecule has 8 aromatic rings. The molecule has 8 rings (SSSR count). The second kappa shape index (κ2) is 14.7. The van der Waals surface area contributed by atoms with Gasteiger partial charge < -0.3 is 9.80 Å². The molecule has 7 aromatic carbocycles. The van der Waals surface area contributed by atoms with Gasteiger partial charge in [0.15, 0.2) is 0 Å². The number of hydrogen-bond acceptors (Lipinski definition) is 5. The van der Waals surface area contributed by atoms with Crippen molar-refractivity contribution in [3.05, 3.63) is 204 Å². The van der Waals surface area contributed by atoms with Crippen molar-refractivity contribution < 1.29 is 0 Å². The summed E-state index contributed by atoms with van der Waals surface area (Å²) in [5.41, 5.74) is 11.5. The number of nitrogens with zero attached hydrogens (tertiary/aromatic N) is 4. The van der Waals surface area contributed by atoms with E-state index in [0.29, 0.717) is 0 Å². The van der Waals surface area contributed by atoms with Crippen LogP contribution in [0.15, 0.2) is 182 Å². The maximum Gasteiger partial charge on any atom is 0.121 e. The zero-order valence-electron chi connectivity index (χ0n) is 27.5. The van der Waals surface area contributed by atoms with Gasteiger partial charge in [-0.05, 0) is 109 Å². The van der Waals surface area contributed by atoms with Crippen molar-refractivity contribution in [1.29, 1.82) is 0 Å². The Labute approximate surface area is 302 Å². The zero-order valence-corrected chi connectivity index (χ0v) is 28.3. The van der Waals surface area contributed by atoms with E-state index in [0.717, 1.165) is 67.4 Å². The van der Waals surface area contributed by atoms with Crippen molar-refractivity contribution in [3.8, 4) is 23.7 Å². The second-order valence-electron chi connectivity index (χ2n) is 11.7. The summed E-state index contributed by atoms with van der Waals surface area (Å²) in [5, 5.41) is 0. The topological polar surface area (TPSA) is 32.3 Å². The Kier molecular flexibility index (Phi) is 9.03. The first-order valence-electron chi connectivity index (χ1n) is 16.6. The van der Waals surface area contributed by atoms with Gasteiger partial charge in [0.05, 0.1) is 22.9 Å². The lowest BCUT2D eigenvalue weighted by Gasteiger charge is -2.25. The standard InChI is InChI=1S/C46H30N4S/c1-5-13-39(14-6-1)49(40-15-7-2-8-16-40)43-31-23-35(24-32-43)21-27-37-29-30-38(46-45(37)47-51-48-46)28-22-36-25-33-44(34-26-36)50(41-17-9-3-10-18-41)42-19-11-4-12-20-42/h1-20,23-26,29-34H. The fourth-order valence-corrected chi connectivity index (χ4v) is 6.51. The molecule has 0 fully saturated rings. The number of benzene rings is 7. The molecular weight excluding hydrogens is 641 g/mol. The number of para-hydroxylation sites is 4. The smallest absolute Gasteiger partial charge is 0.121 e. The first-order valence-corrected chi connectivity index (χ1v) is 17.3. The van der Waals surface area contributed by atoms with Crippen LogP contribution < -0.4 is 9.80 Å². The van der Waals surface area contributed by atoms with Gasteiger partial charge in [0, 0.05) is 45.3 Å². The fraction of sp³-hybridized carbons (Fsp3) is 0. The quantitative estimate of drug-likeness (QED) is 0.165. The van der Waals surface area contributed by atoms with Crippen LogP contribution >= 0.6 is 11.7 Å². The number of aromatic nitrogens is 2. The molecule has 5 heteroatoms. The summed E-state index contributed by atoms with van der Waals surface area (Å²) in [4.78, 5) is 4.47. The molecule has 0 N–H and O–H groups in total. The molecule has 0 bridgehead atoms. The van der Waals surface area contributed by atoms with E-state index in [1.165, 1.54) is 11.7 Å². The highest BCUT2D eigenvalue weighted by Gasteiger charge is 2.13. The Balaban J connectivity index is 1.03. The molecule has 0 spiro atoms.